The Kier molecular flexibility index (Phi) is 4.33. The lowest BCUT2D eigenvalue weighted by molar-refractivity contribution is 0.367. The number of hydrogen-bond donors (Lipinski definition) is 1. The van der Waals surface area contributed by atoms with E-state index in [-0.39, 0.29) is 0 Å². The molecular weight excluding hydrogens is 296 g/mol. The second-order valence-corrected chi connectivity index (χ2v) is 5.93. The van der Waals surface area contributed by atoms with Gasteiger partial charge in [-0.15, -0.1) is 0 Å². The quantitative estimate of drug-likeness (QED) is 0.920. The molecule has 112 valence electrons. The van der Waals surface area contributed by atoms with Crippen LogP contribution in [0.15, 0.2) is 48.5 Å². The molecule has 1 N–H and O–H groups in total. The zero-order valence-electron chi connectivity index (χ0n) is 12.2. The third kappa shape index (κ3) is 2.94. The predicted molar refractivity (Wildman–Crippen MR) is 87.4 cm³/mol. The van der Waals surface area contributed by atoms with Crippen LogP contribution in [-0.2, 0) is 5.41 Å². The Hall–Kier alpha value is -2.02. The Bertz CT molecular complexity index is 685. The van der Waals surface area contributed by atoms with E-state index < -0.39 is 5.41 Å². The Morgan fingerprint density at radius 3 is 2.41 bits per heavy atom. The number of para-hydroxylation sites is 1. The number of hydrogen-bond acceptors (Lipinski definition) is 3. The van der Waals surface area contributed by atoms with Gasteiger partial charge < -0.3 is 10.1 Å². The topological polar surface area (TPSA) is 45.0 Å². The standard InChI is InChI=1S/C18H17ClN2O/c19-14-5-7-15(8-6-14)22-17-4-2-1-3-16(17)18(13-20)9-11-21-12-10-18/h1-8,21H,9-12H2. The lowest BCUT2D eigenvalue weighted by Gasteiger charge is -2.32. The number of rotatable bonds is 3. The molecule has 1 heterocycles. The van der Waals surface area contributed by atoms with Gasteiger partial charge in [0.2, 0.25) is 0 Å². The Morgan fingerprint density at radius 1 is 1.05 bits per heavy atom. The molecule has 0 aliphatic carbocycles. The summed E-state index contributed by atoms with van der Waals surface area (Å²) >= 11 is 5.91. The fourth-order valence-electron chi connectivity index (χ4n) is 2.88. The SMILES string of the molecule is N#CC1(c2ccccc2Oc2ccc(Cl)cc2)CCNCC1. The zero-order chi connectivity index (χ0) is 15.4. The fraction of sp³-hybridized carbons (Fsp3) is 0.278. The summed E-state index contributed by atoms with van der Waals surface area (Å²) in [6.45, 7) is 1.70. The molecule has 3 rings (SSSR count). The summed E-state index contributed by atoms with van der Waals surface area (Å²) < 4.78 is 6.01. The van der Waals surface area contributed by atoms with Gasteiger partial charge in [0.1, 0.15) is 11.5 Å². The van der Waals surface area contributed by atoms with Gasteiger partial charge in [-0.1, -0.05) is 29.8 Å². The third-order valence-corrected chi connectivity index (χ3v) is 4.37. The molecule has 0 bridgehead atoms. The number of benzene rings is 2. The van der Waals surface area contributed by atoms with Gasteiger partial charge in [0, 0.05) is 10.6 Å². The molecule has 2 aromatic carbocycles. The Labute approximate surface area is 135 Å². The first kappa shape index (κ1) is 14.9. The molecule has 0 aromatic heterocycles. The average Bonchev–Trinajstić information content (AvgIpc) is 2.58. The molecule has 1 aliphatic heterocycles. The number of nitriles is 1. The minimum atomic E-state index is -0.478. The van der Waals surface area contributed by atoms with Crippen molar-refractivity contribution in [1.29, 1.82) is 5.26 Å². The predicted octanol–water partition coefficient (Wildman–Crippen LogP) is 4.28. The van der Waals surface area contributed by atoms with E-state index in [9.17, 15) is 5.26 Å². The van der Waals surface area contributed by atoms with E-state index >= 15 is 0 Å². The van der Waals surface area contributed by atoms with Crippen LogP contribution in [0.1, 0.15) is 18.4 Å². The van der Waals surface area contributed by atoms with E-state index in [1.165, 1.54) is 0 Å². The van der Waals surface area contributed by atoms with E-state index in [4.69, 9.17) is 16.3 Å². The van der Waals surface area contributed by atoms with Crippen molar-refractivity contribution in [2.24, 2.45) is 0 Å². The average molecular weight is 313 g/mol. The lowest BCUT2D eigenvalue weighted by atomic mass is 9.74. The van der Waals surface area contributed by atoms with Crippen molar-refractivity contribution in [3.63, 3.8) is 0 Å². The Balaban J connectivity index is 1.96. The fourth-order valence-corrected chi connectivity index (χ4v) is 3.00. The zero-order valence-corrected chi connectivity index (χ0v) is 12.9. The molecule has 1 fully saturated rings. The van der Waals surface area contributed by atoms with Gasteiger partial charge >= 0.3 is 0 Å². The maximum Gasteiger partial charge on any atom is 0.132 e. The first-order chi connectivity index (χ1) is 10.7. The van der Waals surface area contributed by atoms with Gasteiger partial charge in [-0.25, -0.2) is 0 Å². The van der Waals surface area contributed by atoms with E-state index in [0.717, 1.165) is 43.0 Å². The molecule has 0 amide bonds. The molecule has 22 heavy (non-hydrogen) atoms. The van der Waals surface area contributed by atoms with Gasteiger partial charge in [0.25, 0.3) is 0 Å². The normalized spacial score (nSPS) is 16.7. The summed E-state index contributed by atoms with van der Waals surface area (Å²) in [7, 11) is 0. The van der Waals surface area contributed by atoms with Crippen LogP contribution in [0, 0.1) is 11.3 Å². The van der Waals surface area contributed by atoms with Gasteiger partial charge in [-0.3, -0.25) is 0 Å². The van der Waals surface area contributed by atoms with Crippen LogP contribution in [0.5, 0.6) is 11.5 Å². The molecule has 0 radical (unpaired) electrons. The van der Waals surface area contributed by atoms with E-state index in [0.29, 0.717) is 5.02 Å². The van der Waals surface area contributed by atoms with Gasteiger partial charge in [0.15, 0.2) is 0 Å². The monoisotopic (exact) mass is 312 g/mol. The van der Waals surface area contributed by atoms with Crippen molar-refractivity contribution >= 4 is 11.6 Å². The van der Waals surface area contributed by atoms with Gasteiger partial charge in [0.05, 0.1) is 11.5 Å². The molecule has 1 aliphatic rings. The summed E-state index contributed by atoms with van der Waals surface area (Å²) in [5.41, 5.74) is 0.489. The van der Waals surface area contributed by atoms with Gasteiger partial charge in [-0.05, 0) is 56.3 Å². The highest BCUT2D eigenvalue weighted by atomic mass is 35.5. The molecular formula is C18H17ClN2O. The summed E-state index contributed by atoms with van der Waals surface area (Å²) in [6.07, 6.45) is 1.59. The van der Waals surface area contributed by atoms with Crippen molar-refractivity contribution in [3.05, 3.63) is 59.1 Å². The van der Waals surface area contributed by atoms with Crippen LogP contribution in [0.3, 0.4) is 0 Å². The molecule has 4 heteroatoms. The molecule has 0 saturated carbocycles. The maximum atomic E-state index is 9.77. The number of nitrogens with zero attached hydrogens (tertiary/aromatic N) is 1. The van der Waals surface area contributed by atoms with Crippen LogP contribution in [0.4, 0.5) is 0 Å². The van der Waals surface area contributed by atoms with Crippen molar-refractivity contribution in [2.75, 3.05) is 13.1 Å². The van der Waals surface area contributed by atoms with Gasteiger partial charge in [-0.2, -0.15) is 5.26 Å². The summed E-state index contributed by atoms with van der Waals surface area (Å²) in [5, 5.41) is 13.8. The summed E-state index contributed by atoms with van der Waals surface area (Å²) in [4.78, 5) is 0. The highest BCUT2D eigenvalue weighted by Crippen LogP contribution is 2.39. The number of halogens is 1. The molecule has 0 atom stereocenters. The molecule has 0 unspecified atom stereocenters. The van der Waals surface area contributed by atoms with Crippen molar-refractivity contribution in [2.45, 2.75) is 18.3 Å². The molecule has 2 aromatic rings. The Morgan fingerprint density at radius 2 is 1.73 bits per heavy atom. The molecule has 0 spiro atoms. The van der Waals surface area contributed by atoms with Crippen LogP contribution in [-0.4, -0.2) is 13.1 Å². The highest BCUT2D eigenvalue weighted by Gasteiger charge is 2.36. The summed E-state index contributed by atoms with van der Waals surface area (Å²) in [6, 6.07) is 17.6. The van der Waals surface area contributed by atoms with Crippen molar-refractivity contribution in [1.82, 2.24) is 5.32 Å². The van der Waals surface area contributed by atoms with Crippen LogP contribution < -0.4 is 10.1 Å². The third-order valence-electron chi connectivity index (χ3n) is 4.12. The number of nitrogens with one attached hydrogen (secondary N) is 1. The molecule has 1 saturated heterocycles. The van der Waals surface area contributed by atoms with Crippen molar-refractivity contribution < 1.29 is 4.74 Å². The lowest BCUT2D eigenvalue weighted by Crippen LogP contribution is -2.39. The van der Waals surface area contributed by atoms with E-state index in [1.807, 2.05) is 36.4 Å². The minimum absolute atomic E-state index is 0.478. The van der Waals surface area contributed by atoms with E-state index in [1.54, 1.807) is 12.1 Å². The first-order valence-corrected chi connectivity index (χ1v) is 7.76. The smallest absolute Gasteiger partial charge is 0.132 e. The second kappa shape index (κ2) is 6.39. The van der Waals surface area contributed by atoms with Crippen molar-refractivity contribution in [3.8, 4) is 17.6 Å². The number of ether oxygens (including phenoxy) is 1. The van der Waals surface area contributed by atoms with E-state index in [2.05, 4.69) is 11.4 Å². The maximum absolute atomic E-state index is 9.77. The highest BCUT2D eigenvalue weighted by molar-refractivity contribution is 6.30. The largest absolute Gasteiger partial charge is 0.457 e. The number of piperidine rings is 1. The van der Waals surface area contributed by atoms with Crippen LogP contribution in [0.2, 0.25) is 5.02 Å². The van der Waals surface area contributed by atoms with Crippen LogP contribution in [0.25, 0.3) is 0 Å². The summed E-state index contributed by atoms with van der Waals surface area (Å²) in [5.74, 6) is 1.46. The molecule has 3 nitrogen and oxygen atoms in total. The minimum Gasteiger partial charge on any atom is -0.457 e. The van der Waals surface area contributed by atoms with Crippen LogP contribution >= 0.6 is 11.6 Å². The first-order valence-electron chi connectivity index (χ1n) is 7.38. The second-order valence-electron chi connectivity index (χ2n) is 5.50.